The Morgan fingerprint density at radius 1 is 1.19 bits per heavy atom. The molecule has 0 bridgehead atoms. The molecule has 0 saturated carbocycles. The molecule has 26 heavy (non-hydrogen) atoms. The van der Waals surface area contributed by atoms with Crippen LogP contribution in [0, 0.1) is 6.92 Å². The number of hydrogen-bond acceptors (Lipinski definition) is 4. The molecule has 5 nitrogen and oxygen atoms in total. The summed E-state index contributed by atoms with van der Waals surface area (Å²) in [6.07, 6.45) is 0. The number of amides is 1. The minimum Gasteiger partial charge on any atom is -0.496 e. The van der Waals surface area contributed by atoms with Gasteiger partial charge in [0.05, 0.1) is 12.7 Å². The van der Waals surface area contributed by atoms with Crippen LogP contribution < -0.4 is 10.1 Å². The molecule has 0 radical (unpaired) electrons. The maximum Gasteiger partial charge on any atom is 0.259 e. The number of carbonyl (C=O) groups is 1. The predicted molar refractivity (Wildman–Crippen MR) is 103 cm³/mol. The second-order valence-corrected chi connectivity index (χ2v) is 6.67. The lowest BCUT2D eigenvalue weighted by Crippen LogP contribution is -2.13. The van der Waals surface area contributed by atoms with E-state index >= 15 is 0 Å². The third kappa shape index (κ3) is 3.81. The maximum absolute atomic E-state index is 12.6. The van der Waals surface area contributed by atoms with Crippen molar-refractivity contribution in [3.63, 3.8) is 0 Å². The third-order valence-corrected chi connectivity index (χ3v) is 4.39. The summed E-state index contributed by atoms with van der Waals surface area (Å²) in [4.78, 5) is 12.6. The van der Waals surface area contributed by atoms with Gasteiger partial charge in [-0.25, -0.2) is 0 Å². The number of carbonyl (C=O) groups excluding carboxylic acids is 1. The summed E-state index contributed by atoms with van der Waals surface area (Å²) in [6.45, 7) is 1.75. The number of ether oxygens (including phenoxy) is 1. The number of aryl methyl sites for hydroxylation is 1. The molecule has 6 heteroatoms. The average Bonchev–Trinajstić information content (AvgIpc) is 3.11. The van der Waals surface area contributed by atoms with Crippen LogP contribution in [0.2, 0.25) is 0 Å². The molecular formula is C20H18BrNO4. The van der Waals surface area contributed by atoms with Crippen LogP contribution in [-0.2, 0) is 6.61 Å². The molecular weight excluding hydrogens is 398 g/mol. The van der Waals surface area contributed by atoms with Gasteiger partial charge in [0.2, 0.25) is 0 Å². The fourth-order valence-corrected chi connectivity index (χ4v) is 3.28. The Bertz CT molecular complexity index is 931. The Hall–Kier alpha value is -2.57. The molecule has 3 rings (SSSR count). The van der Waals surface area contributed by atoms with E-state index in [0.717, 1.165) is 15.6 Å². The van der Waals surface area contributed by atoms with Crippen LogP contribution in [0.15, 0.2) is 57.4 Å². The number of aliphatic hydroxyl groups is 1. The normalized spacial score (nSPS) is 10.6. The zero-order valence-corrected chi connectivity index (χ0v) is 16.0. The largest absolute Gasteiger partial charge is 0.496 e. The monoisotopic (exact) mass is 415 g/mol. The molecule has 2 N–H and O–H groups in total. The van der Waals surface area contributed by atoms with Gasteiger partial charge in [0.25, 0.3) is 5.91 Å². The van der Waals surface area contributed by atoms with Gasteiger partial charge in [-0.1, -0.05) is 15.9 Å². The molecule has 1 aromatic heterocycles. The van der Waals surface area contributed by atoms with Crippen molar-refractivity contribution < 1.29 is 19.1 Å². The van der Waals surface area contributed by atoms with Crippen molar-refractivity contribution in [2.24, 2.45) is 0 Å². The number of furan rings is 1. The standard InChI is InChI=1S/C20H18BrNO4/c1-12-9-14(21)10-17(19(12)25-2)20(24)22-15-5-3-13(4-6-15)18-8-7-16(11-23)26-18/h3-10,23H,11H2,1-2H3,(H,22,24). The van der Waals surface area contributed by atoms with Crippen LogP contribution >= 0.6 is 15.9 Å². The van der Waals surface area contributed by atoms with Gasteiger partial charge in [0, 0.05) is 15.7 Å². The highest BCUT2D eigenvalue weighted by atomic mass is 79.9. The average molecular weight is 416 g/mol. The van der Waals surface area contributed by atoms with E-state index < -0.39 is 0 Å². The first-order valence-corrected chi connectivity index (χ1v) is 8.76. The van der Waals surface area contributed by atoms with E-state index in [-0.39, 0.29) is 12.5 Å². The van der Waals surface area contributed by atoms with Crippen molar-refractivity contribution in [3.8, 4) is 17.1 Å². The van der Waals surface area contributed by atoms with E-state index in [1.54, 1.807) is 37.4 Å². The Labute approximate surface area is 159 Å². The molecule has 1 heterocycles. The molecule has 0 saturated heterocycles. The molecule has 0 fully saturated rings. The summed E-state index contributed by atoms with van der Waals surface area (Å²) >= 11 is 3.41. The highest BCUT2D eigenvalue weighted by Crippen LogP contribution is 2.29. The summed E-state index contributed by atoms with van der Waals surface area (Å²) in [5.74, 6) is 1.47. The van der Waals surface area contributed by atoms with Crippen LogP contribution in [-0.4, -0.2) is 18.1 Å². The second-order valence-electron chi connectivity index (χ2n) is 5.76. The van der Waals surface area contributed by atoms with Gasteiger partial charge < -0.3 is 19.6 Å². The van der Waals surface area contributed by atoms with Gasteiger partial charge in [0.15, 0.2) is 0 Å². The zero-order valence-electron chi connectivity index (χ0n) is 14.4. The lowest BCUT2D eigenvalue weighted by molar-refractivity contribution is 0.102. The van der Waals surface area contributed by atoms with Crippen molar-refractivity contribution in [3.05, 3.63) is 69.9 Å². The highest BCUT2D eigenvalue weighted by Gasteiger charge is 2.16. The Balaban J connectivity index is 1.80. The molecule has 2 aromatic carbocycles. The maximum atomic E-state index is 12.6. The Morgan fingerprint density at radius 3 is 2.54 bits per heavy atom. The fourth-order valence-electron chi connectivity index (χ4n) is 2.70. The van der Waals surface area contributed by atoms with E-state index in [1.807, 2.05) is 25.1 Å². The molecule has 0 aliphatic carbocycles. The topological polar surface area (TPSA) is 71.7 Å². The first-order chi connectivity index (χ1) is 12.5. The number of benzene rings is 2. The van der Waals surface area contributed by atoms with Crippen LogP contribution in [0.3, 0.4) is 0 Å². The van der Waals surface area contributed by atoms with Gasteiger partial charge in [-0.15, -0.1) is 0 Å². The SMILES string of the molecule is COc1c(C)cc(Br)cc1C(=O)Nc1ccc(-c2ccc(CO)o2)cc1. The van der Waals surface area contributed by atoms with E-state index in [9.17, 15) is 4.79 Å². The molecule has 0 atom stereocenters. The number of methoxy groups -OCH3 is 1. The van der Waals surface area contributed by atoms with E-state index in [1.165, 1.54) is 0 Å². The summed E-state index contributed by atoms with van der Waals surface area (Å²) in [6, 6.07) is 14.4. The molecule has 0 aliphatic heterocycles. The zero-order chi connectivity index (χ0) is 18.7. The molecule has 1 amide bonds. The predicted octanol–water partition coefficient (Wildman–Crippen LogP) is 4.77. The van der Waals surface area contributed by atoms with E-state index in [0.29, 0.717) is 28.5 Å². The van der Waals surface area contributed by atoms with Gasteiger partial charge >= 0.3 is 0 Å². The van der Waals surface area contributed by atoms with Crippen molar-refractivity contribution in [1.82, 2.24) is 0 Å². The molecule has 0 spiro atoms. The number of anilines is 1. The smallest absolute Gasteiger partial charge is 0.259 e. The van der Waals surface area contributed by atoms with Gasteiger partial charge in [-0.2, -0.15) is 0 Å². The third-order valence-electron chi connectivity index (χ3n) is 3.93. The Kier molecular flexibility index (Phi) is 5.44. The number of aliphatic hydroxyl groups excluding tert-OH is 1. The molecule has 3 aromatic rings. The lowest BCUT2D eigenvalue weighted by Gasteiger charge is -2.12. The summed E-state index contributed by atoms with van der Waals surface area (Å²) < 4.78 is 11.7. The molecule has 0 unspecified atom stereocenters. The van der Waals surface area contributed by atoms with Gasteiger partial charge in [0.1, 0.15) is 23.9 Å². The van der Waals surface area contributed by atoms with Crippen molar-refractivity contribution in [2.75, 3.05) is 12.4 Å². The number of hydrogen-bond donors (Lipinski definition) is 2. The summed E-state index contributed by atoms with van der Waals surface area (Å²) in [7, 11) is 1.55. The van der Waals surface area contributed by atoms with Crippen LogP contribution in [0.25, 0.3) is 11.3 Å². The quantitative estimate of drug-likeness (QED) is 0.629. The minimum atomic E-state index is -0.250. The minimum absolute atomic E-state index is 0.137. The van der Waals surface area contributed by atoms with Crippen LogP contribution in [0.4, 0.5) is 5.69 Å². The number of halogens is 1. The second kappa shape index (κ2) is 7.76. The van der Waals surface area contributed by atoms with Crippen molar-refractivity contribution in [1.29, 1.82) is 0 Å². The molecule has 134 valence electrons. The van der Waals surface area contributed by atoms with Gasteiger partial charge in [-0.3, -0.25) is 4.79 Å². The van der Waals surface area contributed by atoms with Crippen LogP contribution in [0.5, 0.6) is 5.75 Å². The van der Waals surface area contributed by atoms with E-state index in [4.69, 9.17) is 14.3 Å². The fraction of sp³-hybridized carbons (Fsp3) is 0.150. The lowest BCUT2D eigenvalue weighted by atomic mass is 10.1. The van der Waals surface area contributed by atoms with E-state index in [2.05, 4.69) is 21.2 Å². The van der Waals surface area contributed by atoms with Crippen molar-refractivity contribution >= 4 is 27.5 Å². The number of nitrogens with one attached hydrogen (secondary N) is 1. The molecule has 0 aliphatic rings. The van der Waals surface area contributed by atoms with Crippen molar-refractivity contribution in [2.45, 2.75) is 13.5 Å². The van der Waals surface area contributed by atoms with Crippen LogP contribution in [0.1, 0.15) is 21.7 Å². The highest BCUT2D eigenvalue weighted by molar-refractivity contribution is 9.10. The summed E-state index contributed by atoms with van der Waals surface area (Å²) in [5.41, 5.74) is 2.85. The Morgan fingerprint density at radius 2 is 1.92 bits per heavy atom. The summed E-state index contributed by atoms with van der Waals surface area (Å²) in [5, 5.41) is 11.9. The van der Waals surface area contributed by atoms with Gasteiger partial charge in [-0.05, 0) is 61.0 Å². The number of rotatable bonds is 5. The first-order valence-electron chi connectivity index (χ1n) is 7.97. The first kappa shape index (κ1) is 18.2.